The molecule has 1 amide bonds. The van der Waals surface area contributed by atoms with Gasteiger partial charge in [-0.2, -0.15) is 4.68 Å². The second-order valence-electron chi connectivity index (χ2n) is 4.55. The molecular formula is C12H17N5O2S. The van der Waals surface area contributed by atoms with Crippen LogP contribution in [0.3, 0.4) is 0 Å². The second kappa shape index (κ2) is 6.58. The maximum atomic E-state index is 12.1. The van der Waals surface area contributed by atoms with E-state index in [2.05, 4.69) is 20.8 Å². The van der Waals surface area contributed by atoms with Crippen LogP contribution < -0.4 is 5.32 Å². The number of aliphatic hydroxyl groups is 1. The molecule has 0 aromatic carbocycles. The van der Waals surface area contributed by atoms with Gasteiger partial charge in [0.05, 0.1) is 11.8 Å². The van der Waals surface area contributed by atoms with Gasteiger partial charge < -0.3 is 10.4 Å². The Morgan fingerprint density at radius 3 is 3.05 bits per heavy atom. The average Bonchev–Trinajstić information content (AvgIpc) is 3.12. The molecule has 2 atom stereocenters. The highest BCUT2D eigenvalue weighted by atomic mass is 32.1. The van der Waals surface area contributed by atoms with E-state index < -0.39 is 6.10 Å². The van der Waals surface area contributed by atoms with Gasteiger partial charge >= 0.3 is 0 Å². The first-order valence-corrected chi connectivity index (χ1v) is 7.28. The van der Waals surface area contributed by atoms with E-state index >= 15 is 0 Å². The van der Waals surface area contributed by atoms with Crippen molar-refractivity contribution in [3.8, 4) is 5.69 Å². The highest BCUT2D eigenvalue weighted by Gasteiger charge is 2.18. The van der Waals surface area contributed by atoms with Gasteiger partial charge in [-0.15, -0.1) is 16.4 Å². The monoisotopic (exact) mass is 295 g/mol. The number of aliphatic hydroxyl groups excluding tert-OH is 1. The molecule has 2 N–H and O–H groups in total. The van der Waals surface area contributed by atoms with E-state index in [0.29, 0.717) is 10.6 Å². The first kappa shape index (κ1) is 14.6. The summed E-state index contributed by atoms with van der Waals surface area (Å²) in [6.45, 7) is 4.19. The number of carbonyl (C=O) groups is 1. The molecule has 7 nitrogen and oxygen atoms in total. The number of nitrogens with zero attached hydrogens (tertiary/aromatic N) is 4. The van der Waals surface area contributed by atoms with Gasteiger partial charge in [0.25, 0.3) is 5.91 Å². The van der Waals surface area contributed by atoms with Gasteiger partial charge in [0.2, 0.25) is 0 Å². The molecule has 20 heavy (non-hydrogen) atoms. The van der Waals surface area contributed by atoms with Gasteiger partial charge in [0.15, 0.2) is 0 Å². The van der Waals surface area contributed by atoms with Crippen molar-refractivity contribution < 1.29 is 9.90 Å². The van der Waals surface area contributed by atoms with E-state index in [1.807, 2.05) is 13.8 Å². The Kier molecular flexibility index (Phi) is 4.80. The maximum Gasteiger partial charge on any atom is 0.263 e. The van der Waals surface area contributed by atoms with Crippen LogP contribution >= 0.6 is 11.3 Å². The third kappa shape index (κ3) is 3.20. The Hall–Kier alpha value is -1.80. The molecule has 2 unspecified atom stereocenters. The smallest absolute Gasteiger partial charge is 0.263 e. The van der Waals surface area contributed by atoms with Crippen molar-refractivity contribution >= 4 is 17.2 Å². The van der Waals surface area contributed by atoms with Crippen molar-refractivity contribution in [1.82, 2.24) is 25.5 Å². The first-order chi connectivity index (χ1) is 9.63. The molecule has 2 aromatic rings. The van der Waals surface area contributed by atoms with Gasteiger partial charge in [-0.25, -0.2) is 0 Å². The van der Waals surface area contributed by atoms with Gasteiger partial charge in [-0.3, -0.25) is 4.79 Å². The summed E-state index contributed by atoms with van der Waals surface area (Å²) in [5.41, 5.74) is 0.635. The number of thiophene rings is 1. The van der Waals surface area contributed by atoms with Crippen LogP contribution in [0, 0.1) is 5.92 Å². The molecule has 0 saturated carbocycles. The quantitative estimate of drug-likeness (QED) is 0.824. The molecular weight excluding hydrogens is 278 g/mol. The number of nitrogens with one attached hydrogen (secondary N) is 1. The Balaban J connectivity index is 2.02. The Morgan fingerprint density at radius 1 is 1.60 bits per heavy atom. The summed E-state index contributed by atoms with van der Waals surface area (Å²) in [5.74, 6) is -0.0783. The summed E-state index contributed by atoms with van der Waals surface area (Å²) in [7, 11) is 0. The van der Waals surface area contributed by atoms with E-state index in [-0.39, 0.29) is 18.4 Å². The fourth-order valence-corrected chi connectivity index (χ4v) is 2.47. The summed E-state index contributed by atoms with van der Waals surface area (Å²) in [6, 6.07) is 1.78. The lowest BCUT2D eigenvalue weighted by molar-refractivity contribution is 0.0853. The van der Waals surface area contributed by atoms with Crippen LogP contribution in [0.4, 0.5) is 0 Å². The zero-order valence-corrected chi connectivity index (χ0v) is 12.2. The molecule has 2 aromatic heterocycles. The van der Waals surface area contributed by atoms with E-state index in [1.165, 1.54) is 22.3 Å². The number of carbonyl (C=O) groups excluding carboxylic acids is 1. The summed E-state index contributed by atoms with van der Waals surface area (Å²) in [6.07, 6.45) is 1.76. The van der Waals surface area contributed by atoms with E-state index in [9.17, 15) is 9.90 Å². The van der Waals surface area contributed by atoms with E-state index in [1.54, 1.807) is 11.4 Å². The van der Waals surface area contributed by atoms with E-state index in [0.717, 1.165) is 6.42 Å². The minimum absolute atomic E-state index is 0.151. The number of tetrazole rings is 1. The molecule has 0 radical (unpaired) electrons. The fraction of sp³-hybridized carbons (Fsp3) is 0.500. The first-order valence-electron chi connectivity index (χ1n) is 6.40. The van der Waals surface area contributed by atoms with Crippen molar-refractivity contribution in [2.24, 2.45) is 5.92 Å². The summed E-state index contributed by atoms with van der Waals surface area (Å²) < 4.78 is 1.44. The van der Waals surface area contributed by atoms with Crippen molar-refractivity contribution in [1.29, 1.82) is 0 Å². The van der Waals surface area contributed by atoms with Crippen LogP contribution in [0.1, 0.15) is 29.9 Å². The third-order valence-corrected chi connectivity index (χ3v) is 4.12. The van der Waals surface area contributed by atoms with Gasteiger partial charge in [-0.05, 0) is 27.8 Å². The van der Waals surface area contributed by atoms with Crippen LogP contribution in [0.25, 0.3) is 5.69 Å². The number of hydrogen-bond acceptors (Lipinski definition) is 6. The average molecular weight is 295 g/mol. The summed E-state index contributed by atoms with van der Waals surface area (Å²) in [4.78, 5) is 12.7. The molecule has 8 heteroatoms. The van der Waals surface area contributed by atoms with Gasteiger partial charge in [0, 0.05) is 6.54 Å². The number of amides is 1. The highest BCUT2D eigenvalue weighted by molar-refractivity contribution is 7.12. The van der Waals surface area contributed by atoms with Crippen LogP contribution in [-0.2, 0) is 0 Å². The SMILES string of the molecule is CCC(C)C(O)CNC(=O)c1sccc1-n1cnnn1. The molecule has 2 rings (SSSR count). The molecule has 108 valence electrons. The van der Waals surface area contributed by atoms with Crippen molar-refractivity contribution in [2.75, 3.05) is 6.54 Å². The molecule has 0 aliphatic heterocycles. The largest absolute Gasteiger partial charge is 0.391 e. The minimum Gasteiger partial charge on any atom is -0.391 e. The van der Waals surface area contributed by atoms with E-state index in [4.69, 9.17) is 0 Å². The second-order valence-corrected chi connectivity index (χ2v) is 5.47. The van der Waals surface area contributed by atoms with Crippen molar-refractivity contribution in [3.63, 3.8) is 0 Å². The van der Waals surface area contributed by atoms with Crippen LogP contribution in [0.15, 0.2) is 17.8 Å². The standard InChI is InChI=1S/C12H17N5O2S/c1-3-8(2)10(18)6-13-12(19)11-9(4-5-20-11)17-7-14-15-16-17/h4-5,7-8,10,18H,3,6H2,1-2H3,(H,13,19). The van der Waals surface area contributed by atoms with Crippen LogP contribution in [0.2, 0.25) is 0 Å². The van der Waals surface area contributed by atoms with Crippen molar-refractivity contribution in [2.45, 2.75) is 26.4 Å². The lowest BCUT2D eigenvalue weighted by Gasteiger charge is -2.17. The fourth-order valence-electron chi connectivity index (χ4n) is 1.68. The normalized spacial score (nSPS) is 13.9. The predicted octanol–water partition coefficient (Wildman–Crippen LogP) is 0.861. The molecule has 0 bridgehead atoms. The third-order valence-electron chi connectivity index (χ3n) is 3.22. The topological polar surface area (TPSA) is 92.9 Å². The zero-order chi connectivity index (χ0) is 14.5. The molecule has 0 saturated heterocycles. The maximum absolute atomic E-state index is 12.1. The Bertz CT molecular complexity index is 554. The lowest BCUT2D eigenvalue weighted by atomic mass is 10.0. The molecule has 0 aliphatic rings. The number of hydrogen-bond donors (Lipinski definition) is 2. The molecule has 2 heterocycles. The van der Waals surface area contributed by atoms with Gasteiger partial charge in [0.1, 0.15) is 11.2 Å². The van der Waals surface area contributed by atoms with Gasteiger partial charge in [-0.1, -0.05) is 20.3 Å². The number of aromatic nitrogens is 4. The van der Waals surface area contributed by atoms with Crippen LogP contribution in [-0.4, -0.2) is 43.9 Å². The molecule has 0 spiro atoms. The predicted molar refractivity (Wildman–Crippen MR) is 74.8 cm³/mol. The lowest BCUT2D eigenvalue weighted by Crippen LogP contribution is -2.35. The van der Waals surface area contributed by atoms with Crippen molar-refractivity contribution in [3.05, 3.63) is 22.7 Å². The molecule has 0 aliphatic carbocycles. The highest BCUT2D eigenvalue weighted by Crippen LogP contribution is 2.19. The Labute approximate surface area is 120 Å². The summed E-state index contributed by atoms with van der Waals surface area (Å²) >= 11 is 1.31. The van der Waals surface area contributed by atoms with Crippen LogP contribution in [0.5, 0.6) is 0 Å². The minimum atomic E-state index is -0.541. The Morgan fingerprint density at radius 2 is 2.40 bits per heavy atom. The summed E-state index contributed by atoms with van der Waals surface area (Å²) in [5, 5.41) is 25.3. The molecule has 0 fully saturated rings. The zero-order valence-electron chi connectivity index (χ0n) is 11.4. The number of rotatable bonds is 6.